The SMILES string of the molecule is COc1ccc(NC(=O)COc2ccccc2C(=O)NCC(c2ccccc2)N(C)C)cc1Cl. The number of likely N-dealkylation sites (N-methyl/N-ethyl adjacent to an activating group) is 1. The van der Waals surface area contributed by atoms with Gasteiger partial charge in [0.2, 0.25) is 0 Å². The van der Waals surface area contributed by atoms with E-state index in [0.717, 1.165) is 5.56 Å². The second-order valence-corrected chi connectivity index (χ2v) is 8.19. The van der Waals surface area contributed by atoms with Crippen LogP contribution in [0.3, 0.4) is 0 Å². The minimum atomic E-state index is -0.381. The van der Waals surface area contributed by atoms with Crippen LogP contribution in [0.2, 0.25) is 5.02 Å². The first kappa shape index (κ1) is 25.1. The molecule has 8 heteroatoms. The lowest BCUT2D eigenvalue weighted by atomic mass is 10.1. The Morgan fingerprint density at radius 1 is 0.971 bits per heavy atom. The van der Waals surface area contributed by atoms with Crippen LogP contribution in [0, 0.1) is 0 Å². The number of carbonyl (C=O) groups is 2. The molecule has 0 aliphatic rings. The Kier molecular flexibility index (Phi) is 8.90. The molecule has 0 heterocycles. The highest BCUT2D eigenvalue weighted by Crippen LogP contribution is 2.27. The lowest BCUT2D eigenvalue weighted by Crippen LogP contribution is -2.34. The van der Waals surface area contributed by atoms with Gasteiger partial charge in [0.05, 0.1) is 23.7 Å². The molecule has 0 aromatic heterocycles. The first-order valence-corrected chi connectivity index (χ1v) is 11.1. The summed E-state index contributed by atoms with van der Waals surface area (Å²) in [6.45, 7) is 0.154. The summed E-state index contributed by atoms with van der Waals surface area (Å²) in [6, 6.07) is 21.7. The lowest BCUT2D eigenvalue weighted by Gasteiger charge is -2.25. The fourth-order valence-corrected chi connectivity index (χ4v) is 3.68. The maximum absolute atomic E-state index is 12.9. The second kappa shape index (κ2) is 12.1. The molecule has 0 saturated heterocycles. The number of carbonyl (C=O) groups excluding carboxylic acids is 2. The third-order valence-corrected chi connectivity index (χ3v) is 5.49. The van der Waals surface area contributed by atoms with E-state index in [2.05, 4.69) is 10.6 Å². The molecule has 3 rings (SSSR count). The number of amides is 2. The van der Waals surface area contributed by atoms with Crippen LogP contribution in [0.1, 0.15) is 22.0 Å². The molecule has 2 amide bonds. The molecule has 1 atom stereocenters. The van der Waals surface area contributed by atoms with Crippen LogP contribution in [-0.4, -0.2) is 51.1 Å². The lowest BCUT2D eigenvalue weighted by molar-refractivity contribution is -0.118. The van der Waals surface area contributed by atoms with Gasteiger partial charge in [-0.25, -0.2) is 0 Å². The van der Waals surface area contributed by atoms with Gasteiger partial charge in [-0.2, -0.15) is 0 Å². The van der Waals surface area contributed by atoms with Gasteiger partial charge in [0, 0.05) is 12.2 Å². The number of nitrogens with zero attached hydrogens (tertiary/aromatic N) is 1. The molecule has 0 saturated carbocycles. The number of benzene rings is 3. The molecule has 3 aromatic carbocycles. The van der Waals surface area contributed by atoms with E-state index < -0.39 is 0 Å². The van der Waals surface area contributed by atoms with Crippen molar-refractivity contribution in [3.8, 4) is 11.5 Å². The predicted octanol–water partition coefficient (Wildman–Crippen LogP) is 4.40. The van der Waals surface area contributed by atoms with Gasteiger partial charge in [0.15, 0.2) is 6.61 Å². The largest absolute Gasteiger partial charge is 0.495 e. The van der Waals surface area contributed by atoms with E-state index in [1.165, 1.54) is 7.11 Å². The first-order valence-electron chi connectivity index (χ1n) is 10.7. The van der Waals surface area contributed by atoms with Gasteiger partial charge in [-0.1, -0.05) is 54.1 Å². The summed E-state index contributed by atoms with van der Waals surface area (Å²) in [4.78, 5) is 27.3. The molecule has 0 bridgehead atoms. The average Bonchev–Trinajstić information content (AvgIpc) is 2.83. The smallest absolute Gasteiger partial charge is 0.262 e. The Bertz CT molecular complexity index is 1120. The van der Waals surface area contributed by atoms with Crippen LogP contribution >= 0.6 is 11.6 Å². The van der Waals surface area contributed by atoms with Crippen molar-refractivity contribution in [2.75, 3.05) is 39.7 Å². The summed E-state index contributed by atoms with van der Waals surface area (Å²) < 4.78 is 10.8. The number of rotatable bonds is 10. The van der Waals surface area contributed by atoms with E-state index in [0.29, 0.717) is 34.3 Å². The molecule has 0 aliphatic carbocycles. The third kappa shape index (κ3) is 6.73. The minimum absolute atomic E-state index is 0.0142. The summed E-state index contributed by atoms with van der Waals surface area (Å²) in [5.74, 6) is 0.178. The van der Waals surface area contributed by atoms with Gasteiger partial charge in [0.25, 0.3) is 11.8 Å². The highest BCUT2D eigenvalue weighted by Gasteiger charge is 2.18. The van der Waals surface area contributed by atoms with Gasteiger partial charge in [-0.15, -0.1) is 0 Å². The highest BCUT2D eigenvalue weighted by molar-refractivity contribution is 6.32. The molecule has 0 radical (unpaired) electrons. The number of para-hydroxylation sites is 1. The van der Waals surface area contributed by atoms with Gasteiger partial charge < -0.3 is 25.0 Å². The Morgan fingerprint density at radius 2 is 1.68 bits per heavy atom. The van der Waals surface area contributed by atoms with Crippen molar-refractivity contribution in [2.45, 2.75) is 6.04 Å². The molecule has 0 spiro atoms. The molecule has 2 N–H and O–H groups in total. The van der Waals surface area contributed by atoms with E-state index in [1.807, 2.05) is 49.3 Å². The van der Waals surface area contributed by atoms with Crippen molar-refractivity contribution < 1.29 is 19.1 Å². The van der Waals surface area contributed by atoms with Crippen molar-refractivity contribution in [1.82, 2.24) is 10.2 Å². The number of nitrogens with one attached hydrogen (secondary N) is 2. The summed E-state index contributed by atoms with van der Waals surface area (Å²) in [7, 11) is 5.45. The minimum Gasteiger partial charge on any atom is -0.495 e. The van der Waals surface area contributed by atoms with Crippen molar-refractivity contribution in [3.63, 3.8) is 0 Å². The summed E-state index contributed by atoms with van der Waals surface area (Å²) in [6.07, 6.45) is 0. The van der Waals surface area contributed by atoms with Crippen molar-refractivity contribution in [2.24, 2.45) is 0 Å². The Balaban J connectivity index is 1.60. The monoisotopic (exact) mass is 481 g/mol. The molecule has 0 fully saturated rings. The van der Waals surface area contributed by atoms with Crippen LogP contribution in [0.5, 0.6) is 11.5 Å². The summed E-state index contributed by atoms with van der Waals surface area (Å²) in [5.41, 5.74) is 1.97. The molecule has 0 aliphatic heterocycles. The van der Waals surface area contributed by atoms with E-state index in [4.69, 9.17) is 21.1 Å². The number of halogens is 1. The van der Waals surface area contributed by atoms with Crippen molar-refractivity contribution in [3.05, 3.63) is 88.9 Å². The van der Waals surface area contributed by atoms with E-state index >= 15 is 0 Å². The van der Waals surface area contributed by atoms with Gasteiger partial charge >= 0.3 is 0 Å². The number of hydrogen-bond acceptors (Lipinski definition) is 5. The quantitative estimate of drug-likeness (QED) is 0.448. The van der Waals surface area contributed by atoms with Gasteiger partial charge in [-0.05, 0) is 50.0 Å². The van der Waals surface area contributed by atoms with Crippen LogP contribution in [0.15, 0.2) is 72.8 Å². The Morgan fingerprint density at radius 3 is 2.35 bits per heavy atom. The predicted molar refractivity (Wildman–Crippen MR) is 134 cm³/mol. The molecular weight excluding hydrogens is 454 g/mol. The zero-order chi connectivity index (χ0) is 24.5. The zero-order valence-corrected chi connectivity index (χ0v) is 20.1. The number of hydrogen-bond donors (Lipinski definition) is 2. The number of ether oxygens (including phenoxy) is 2. The van der Waals surface area contributed by atoms with Crippen LogP contribution in [0.25, 0.3) is 0 Å². The van der Waals surface area contributed by atoms with Crippen LogP contribution in [0.4, 0.5) is 5.69 Å². The topological polar surface area (TPSA) is 79.9 Å². The Labute approximate surface area is 204 Å². The third-order valence-electron chi connectivity index (χ3n) is 5.19. The van der Waals surface area contributed by atoms with E-state index in [1.54, 1.807) is 42.5 Å². The molecule has 178 valence electrons. The molecular formula is C26H28ClN3O4. The van der Waals surface area contributed by atoms with Crippen molar-refractivity contribution in [1.29, 1.82) is 0 Å². The second-order valence-electron chi connectivity index (χ2n) is 7.78. The van der Waals surface area contributed by atoms with Gasteiger partial charge in [-0.3, -0.25) is 9.59 Å². The average molecular weight is 482 g/mol. The standard InChI is InChI=1S/C26H28ClN3O4/c1-30(2)22(18-9-5-4-6-10-18)16-28-26(32)20-11-7-8-12-23(20)34-17-25(31)29-19-13-14-24(33-3)21(27)15-19/h4-15,22H,16-17H2,1-3H3,(H,28,32)(H,29,31). The number of anilines is 1. The normalized spacial score (nSPS) is 11.6. The maximum Gasteiger partial charge on any atom is 0.262 e. The summed E-state index contributed by atoms with van der Waals surface area (Å²) >= 11 is 6.10. The molecule has 34 heavy (non-hydrogen) atoms. The van der Waals surface area contributed by atoms with Crippen molar-refractivity contribution >= 4 is 29.1 Å². The Hall–Kier alpha value is -3.55. The summed E-state index contributed by atoms with van der Waals surface area (Å²) in [5, 5.41) is 6.07. The van der Waals surface area contributed by atoms with Crippen LogP contribution < -0.4 is 20.1 Å². The van der Waals surface area contributed by atoms with Crippen LogP contribution in [-0.2, 0) is 4.79 Å². The first-order chi connectivity index (χ1) is 16.4. The molecule has 7 nitrogen and oxygen atoms in total. The number of methoxy groups -OCH3 is 1. The highest BCUT2D eigenvalue weighted by atomic mass is 35.5. The molecule has 3 aromatic rings. The van der Waals surface area contributed by atoms with E-state index in [9.17, 15) is 9.59 Å². The van der Waals surface area contributed by atoms with Gasteiger partial charge in [0.1, 0.15) is 11.5 Å². The fraction of sp³-hybridized carbons (Fsp3) is 0.231. The molecule has 1 unspecified atom stereocenters. The van der Waals surface area contributed by atoms with E-state index in [-0.39, 0.29) is 24.5 Å². The fourth-order valence-electron chi connectivity index (χ4n) is 3.42. The zero-order valence-electron chi connectivity index (χ0n) is 19.4. The maximum atomic E-state index is 12.9.